The first-order valence-electron chi connectivity index (χ1n) is 6.68. The van der Waals surface area contributed by atoms with Crippen LogP contribution < -0.4 is 10.6 Å². The molecule has 0 aliphatic carbocycles. The molecule has 1 aromatic heterocycles. The third kappa shape index (κ3) is 3.12. The minimum atomic E-state index is 0.00115. The summed E-state index contributed by atoms with van der Waals surface area (Å²) in [4.78, 5) is 14.7. The lowest BCUT2D eigenvalue weighted by atomic mass is 10.0. The Bertz CT molecular complexity index is 421. The van der Waals surface area contributed by atoms with Gasteiger partial charge in [-0.15, -0.1) is 11.3 Å². The van der Waals surface area contributed by atoms with Gasteiger partial charge >= 0.3 is 0 Å². The monoisotopic (exact) mass is 266 g/mol. The zero-order chi connectivity index (χ0) is 13.1. The smallest absolute Gasteiger partial charge is 0.237 e. The van der Waals surface area contributed by atoms with Crippen LogP contribution in [0.1, 0.15) is 47.5 Å². The van der Waals surface area contributed by atoms with Crippen molar-refractivity contribution in [1.82, 2.24) is 10.6 Å². The Labute approximate surface area is 113 Å². The van der Waals surface area contributed by atoms with Gasteiger partial charge in [0.2, 0.25) is 5.91 Å². The van der Waals surface area contributed by atoms with E-state index in [9.17, 15) is 4.79 Å². The molecule has 1 fully saturated rings. The molecule has 1 amide bonds. The molecule has 2 atom stereocenters. The topological polar surface area (TPSA) is 41.1 Å². The molecule has 100 valence electrons. The molecule has 0 spiro atoms. The highest BCUT2D eigenvalue weighted by Crippen LogP contribution is 2.26. The molecule has 1 aromatic rings. The standard InChI is InChI=1S/C14H22N2OS/c1-9-8-12(11(3)18-9)10(2)16-14(17)13-6-4-5-7-15-13/h8,10,13,15H,4-7H2,1-3H3,(H,16,17)/t10?,13-/m1/s1. The number of hydrogen-bond donors (Lipinski definition) is 2. The predicted molar refractivity (Wildman–Crippen MR) is 76.0 cm³/mol. The van der Waals surface area contributed by atoms with Crippen LogP contribution in [-0.4, -0.2) is 18.5 Å². The Morgan fingerprint density at radius 2 is 2.28 bits per heavy atom. The van der Waals surface area contributed by atoms with Crippen molar-refractivity contribution >= 4 is 17.2 Å². The highest BCUT2D eigenvalue weighted by molar-refractivity contribution is 7.12. The lowest BCUT2D eigenvalue weighted by molar-refractivity contribution is -0.124. The Morgan fingerprint density at radius 3 is 2.83 bits per heavy atom. The fraction of sp³-hybridized carbons (Fsp3) is 0.643. The summed E-state index contributed by atoms with van der Waals surface area (Å²) in [7, 11) is 0. The number of amides is 1. The third-order valence-electron chi connectivity index (χ3n) is 3.53. The minimum Gasteiger partial charge on any atom is -0.348 e. The molecule has 3 nitrogen and oxygen atoms in total. The maximum Gasteiger partial charge on any atom is 0.237 e. The molecule has 1 aliphatic rings. The van der Waals surface area contributed by atoms with Crippen LogP contribution in [0.4, 0.5) is 0 Å². The van der Waals surface area contributed by atoms with E-state index in [1.165, 1.54) is 21.7 Å². The summed E-state index contributed by atoms with van der Waals surface area (Å²) in [5.41, 5.74) is 1.25. The number of piperidine rings is 1. The molecular weight excluding hydrogens is 244 g/mol. The van der Waals surface area contributed by atoms with Crippen molar-refractivity contribution in [2.75, 3.05) is 6.54 Å². The van der Waals surface area contributed by atoms with Crippen LogP contribution in [0.2, 0.25) is 0 Å². The summed E-state index contributed by atoms with van der Waals surface area (Å²) in [5.74, 6) is 0.144. The molecule has 0 saturated carbocycles. The number of rotatable bonds is 3. The number of carbonyl (C=O) groups is 1. The van der Waals surface area contributed by atoms with Gasteiger partial charge in [-0.25, -0.2) is 0 Å². The summed E-state index contributed by atoms with van der Waals surface area (Å²) < 4.78 is 0. The first kappa shape index (κ1) is 13.6. The highest BCUT2D eigenvalue weighted by atomic mass is 32.1. The van der Waals surface area contributed by atoms with E-state index >= 15 is 0 Å². The summed E-state index contributed by atoms with van der Waals surface area (Å²) >= 11 is 1.79. The van der Waals surface area contributed by atoms with Crippen molar-refractivity contribution < 1.29 is 4.79 Å². The van der Waals surface area contributed by atoms with Crippen LogP contribution in [0, 0.1) is 13.8 Å². The molecule has 18 heavy (non-hydrogen) atoms. The second kappa shape index (κ2) is 5.85. The quantitative estimate of drug-likeness (QED) is 0.883. The van der Waals surface area contributed by atoms with E-state index < -0.39 is 0 Å². The molecule has 1 saturated heterocycles. The molecule has 1 unspecified atom stereocenters. The fourth-order valence-electron chi connectivity index (χ4n) is 2.55. The Balaban J connectivity index is 1.96. The van der Waals surface area contributed by atoms with Gasteiger partial charge in [0.1, 0.15) is 0 Å². The van der Waals surface area contributed by atoms with Crippen LogP contribution in [0.25, 0.3) is 0 Å². The van der Waals surface area contributed by atoms with E-state index in [0.717, 1.165) is 19.4 Å². The maximum atomic E-state index is 12.1. The Hall–Kier alpha value is -0.870. The van der Waals surface area contributed by atoms with Gasteiger partial charge in [0, 0.05) is 9.75 Å². The van der Waals surface area contributed by atoms with E-state index in [4.69, 9.17) is 0 Å². The molecular formula is C14H22N2OS. The van der Waals surface area contributed by atoms with Gasteiger partial charge < -0.3 is 10.6 Å². The van der Waals surface area contributed by atoms with Crippen LogP contribution in [0.5, 0.6) is 0 Å². The van der Waals surface area contributed by atoms with Crippen molar-refractivity contribution in [3.8, 4) is 0 Å². The number of nitrogens with one attached hydrogen (secondary N) is 2. The van der Waals surface area contributed by atoms with E-state index in [1.807, 2.05) is 0 Å². The minimum absolute atomic E-state index is 0.00115. The van der Waals surface area contributed by atoms with Crippen molar-refractivity contribution in [2.24, 2.45) is 0 Å². The molecule has 0 bridgehead atoms. The Kier molecular flexibility index (Phi) is 4.40. The van der Waals surface area contributed by atoms with Crippen LogP contribution in [0.3, 0.4) is 0 Å². The normalized spacial score (nSPS) is 21.6. The zero-order valence-electron chi connectivity index (χ0n) is 11.4. The molecule has 2 N–H and O–H groups in total. The van der Waals surface area contributed by atoms with Gasteiger partial charge in [-0.05, 0) is 51.8 Å². The summed E-state index contributed by atoms with van der Waals surface area (Å²) in [5, 5.41) is 6.41. The summed E-state index contributed by atoms with van der Waals surface area (Å²) in [6.07, 6.45) is 3.29. The van der Waals surface area contributed by atoms with Crippen LogP contribution in [0.15, 0.2) is 6.07 Å². The average Bonchev–Trinajstić information content (AvgIpc) is 2.69. The number of aryl methyl sites for hydroxylation is 2. The maximum absolute atomic E-state index is 12.1. The molecule has 2 heterocycles. The lowest BCUT2D eigenvalue weighted by Gasteiger charge is -2.24. The van der Waals surface area contributed by atoms with Gasteiger partial charge in [-0.2, -0.15) is 0 Å². The van der Waals surface area contributed by atoms with Crippen molar-refractivity contribution in [1.29, 1.82) is 0 Å². The molecule has 1 aliphatic heterocycles. The van der Waals surface area contributed by atoms with Gasteiger partial charge in [0.25, 0.3) is 0 Å². The third-order valence-corrected chi connectivity index (χ3v) is 4.51. The van der Waals surface area contributed by atoms with Gasteiger partial charge in [-0.3, -0.25) is 4.79 Å². The van der Waals surface area contributed by atoms with E-state index in [0.29, 0.717) is 0 Å². The average molecular weight is 266 g/mol. The first-order valence-corrected chi connectivity index (χ1v) is 7.50. The van der Waals surface area contributed by atoms with Crippen molar-refractivity contribution in [2.45, 2.75) is 52.1 Å². The molecule has 0 radical (unpaired) electrons. The summed E-state index contributed by atoms with van der Waals surface area (Å²) in [6.45, 7) is 7.26. The largest absolute Gasteiger partial charge is 0.348 e. The van der Waals surface area contributed by atoms with Gasteiger partial charge in [-0.1, -0.05) is 6.42 Å². The first-order chi connectivity index (χ1) is 8.58. The SMILES string of the molecule is Cc1cc(C(C)NC(=O)[C@H]2CCCCN2)c(C)s1. The van der Waals surface area contributed by atoms with E-state index in [-0.39, 0.29) is 18.0 Å². The second-order valence-electron chi connectivity index (χ2n) is 5.10. The lowest BCUT2D eigenvalue weighted by Crippen LogP contribution is -2.47. The summed E-state index contributed by atoms with van der Waals surface area (Å²) in [6, 6.07) is 2.28. The Morgan fingerprint density at radius 1 is 1.50 bits per heavy atom. The van der Waals surface area contributed by atoms with Crippen LogP contribution in [-0.2, 0) is 4.79 Å². The van der Waals surface area contributed by atoms with Crippen molar-refractivity contribution in [3.05, 3.63) is 21.4 Å². The predicted octanol–water partition coefficient (Wildman–Crippen LogP) is 2.68. The van der Waals surface area contributed by atoms with E-state index in [1.54, 1.807) is 11.3 Å². The van der Waals surface area contributed by atoms with Gasteiger partial charge in [0.15, 0.2) is 0 Å². The highest BCUT2D eigenvalue weighted by Gasteiger charge is 2.22. The molecule has 4 heteroatoms. The van der Waals surface area contributed by atoms with E-state index in [2.05, 4.69) is 37.5 Å². The number of hydrogen-bond acceptors (Lipinski definition) is 3. The number of thiophene rings is 1. The number of carbonyl (C=O) groups excluding carboxylic acids is 1. The second-order valence-corrected chi connectivity index (χ2v) is 6.56. The van der Waals surface area contributed by atoms with Crippen molar-refractivity contribution in [3.63, 3.8) is 0 Å². The molecule has 0 aromatic carbocycles. The van der Waals surface area contributed by atoms with Crippen LogP contribution >= 0.6 is 11.3 Å². The van der Waals surface area contributed by atoms with Gasteiger partial charge in [0.05, 0.1) is 12.1 Å². The molecule has 2 rings (SSSR count). The zero-order valence-corrected chi connectivity index (χ0v) is 12.2. The fourth-order valence-corrected chi connectivity index (χ4v) is 3.57.